The molecule has 1 rings (SSSR count). The molecular formula is C14H27N3. The van der Waals surface area contributed by atoms with Gasteiger partial charge >= 0.3 is 0 Å². The van der Waals surface area contributed by atoms with Gasteiger partial charge in [-0.1, -0.05) is 39.0 Å². The number of rotatable bonds is 9. The van der Waals surface area contributed by atoms with Crippen molar-refractivity contribution in [3.63, 3.8) is 0 Å². The van der Waals surface area contributed by atoms with Crippen molar-refractivity contribution in [2.24, 2.45) is 0 Å². The van der Waals surface area contributed by atoms with Crippen LogP contribution in [-0.4, -0.2) is 16.8 Å². The van der Waals surface area contributed by atoms with Crippen LogP contribution in [0.25, 0.3) is 0 Å². The lowest BCUT2D eigenvalue weighted by Gasteiger charge is -2.01. The van der Waals surface area contributed by atoms with Gasteiger partial charge in [-0.2, -0.15) is 5.10 Å². The minimum atomic E-state index is 0.919. The van der Waals surface area contributed by atoms with E-state index >= 15 is 0 Å². The lowest BCUT2D eigenvalue weighted by molar-refractivity contribution is 0.525. The molecule has 1 heterocycles. The molecule has 3 heteroatoms. The average Bonchev–Trinajstić information content (AvgIpc) is 2.65. The topological polar surface area (TPSA) is 29.9 Å². The normalized spacial score (nSPS) is 11.0. The monoisotopic (exact) mass is 237 g/mol. The van der Waals surface area contributed by atoms with E-state index in [1.807, 2.05) is 7.05 Å². The number of nitrogens with zero attached hydrogens (tertiary/aromatic N) is 2. The maximum Gasteiger partial charge on any atom is 0.0638 e. The quantitative estimate of drug-likeness (QED) is 0.668. The van der Waals surface area contributed by atoms with Crippen LogP contribution in [0.5, 0.6) is 0 Å². The molecule has 0 bridgehead atoms. The first kappa shape index (κ1) is 14.2. The Morgan fingerprint density at radius 1 is 1.18 bits per heavy atom. The Balaban J connectivity index is 2.20. The highest BCUT2D eigenvalue weighted by Crippen LogP contribution is 2.08. The highest BCUT2D eigenvalue weighted by molar-refractivity contribution is 5.14. The van der Waals surface area contributed by atoms with Crippen LogP contribution < -0.4 is 5.32 Å². The predicted molar refractivity (Wildman–Crippen MR) is 73.1 cm³/mol. The lowest BCUT2D eigenvalue weighted by atomic mass is 10.1. The minimum absolute atomic E-state index is 0.919. The Morgan fingerprint density at radius 3 is 2.59 bits per heavy atom. The van der Waals surface area contributed by atoms with E-state index in [0.717, 1.165) is 18.8 Å². The van der Waals surface area contributed by atoms with Crippen LogP contribution in [-0.2, 0) is 13.1 Å². The van der Waals surface area contributed by atoms with Gasteiger partial charge in [0.15, 0.2) is 0 Å². The molecular weight excluding hydrogens is 210 g/mol. The second-order valence-corrected chi connectivity index (χ2v) is 4.80. The summed E-state index contributed by atoms with van der Waals surface area (Å²) in [6, 6.07) is 0. The van der Waals surface area contributed by atoms with Crippen molar-refractivity contribution in [3.8, 4) is 0 Å². The summed E-state index contributed by atoms with van der Waals surface area (Å²) in [6.45, 7) is 6.33. The molecule has 98 valence electrons. The van der Waals surface area contributed by atoms with Gasteiger partial charge in [0.1, 0.15) is 0 Å². The molecule has 0 saturated carbocycles. The molecule has 0 fully saturated rings. The highest BCUT2D eigenvalue weighted by Gasteiger charge is 2.03. The molecule has 0 spiro atoms. The number of aryl methyl sites for hydroxylation is 2. The zero-order chi connectivity index (χ0) is 12.5. The largest absolute Gasteiger partial charge is 0.316 e. The van der Waals surface area contributed by atoms with E-state index < -0.39 is 0 Å². The summed E-state index contributed by atoms with van der Waals surface area (Å²) < 4.78 is 2.10. The zero-order valence-corrected chi connectivity index (χ0v) is 11.6. The van der Waals surface area contributed by atoms with Crippen LogP contribution in [0.3, 0.4) is 0 Å². The molecule has 0 atom stereocenters. The fourth-order valence-corrected chi connectivity index (χ4v) is 2.09. The minimum Gasteiger partial charge on any atom is -0.316 e. The molecule has 1 aromatic heterocycles. The maximum atomic E-state index is 4.54. The molecule has 0 radical (unpaired) electrons. The molecule has 0 amide bonds. The fraction of sp³-hybridized carbons (Fsp3) is 0.786. The molecule has 0 aliphatic rings. The van der Waals surface area contributed by atoms with Gasteiger partial charge < -0.3 is 5.32 Å². The third kappa shape index (κ3) is 5.35. The zero-order valence-electron chi connectivity index (χ0n) is 11.6. The van der Waals surface area contributed by atoms with Crippen molar-refractivity contribution in [1.82, 2.24) is 15.1 Å². The van der Waals surface area contributed by atoms with Crippen LogP contribution in [0.4, 0.5) is 0 Å². The van der Waals surface area contributed by atoms with Crippen LogP contribution in [0.2, 0.25) is 0 Å². The summed E-state index contributed by atoms with van der Waals surface area (Å²) in [5.74, 6) is 0. The molecule has 0 aliphatic carbocycles. The predicted octanol–water partition coefficient (Wildman–Crippen LogP) is 3.27. The van der Waals surface area contributed by atoms with Crippen molar-refractivity contribution in [3.05, 3.63) is 17.5 Å². The Bertz CT molecular complexity index is 304. The van der Waals surface area contributed by atoms with Gasteiger partial charge in [0, 0.05) is 24.8 Å². The number of unbranched alkanes of at least 4 members (excludes halogenated alkanes) is 5. The first-order chi connectivity index (χ1) is 8.27. The number of aromatic nitrogens is 2. The average molecular weight is 237 g/mol. The summed E-state index contributed by atoms with van der Waals surface area (Å²) >= 11 is 0. The fourth-order valence-electron chi connectivity index (χ4n) is 2.09. The van der Waals surface area contributed by atoms with Crippen LogP contribution >= 0.6 is 0 Å². The van der Waals surface area contributed by atoms with Gasteiger partial charge in [-0.3, -0.25) is 4.68 Å². The van der Waals surface area contributed by atoms with Gasteiger partial charge in [0.25, 0.3) is 0 Å². The molecule has 1 N–H and O–H groups in total. The van der Waals surface area contributed by atoms with Crippen molar-refractivity contribution in [2.75, 3.05) is 7.05 Å². The molecule has 0 aromatic carbocycles. The summed E-state index contributed by atoms with van der Waals surface area (Å²) in [5.41, 5.74) is 2.48. The van der Waals surface area contributed by atoms with E-state index in [9.17, 15) is 0 Å². The molecule has 0 aliphatic heterocycles. The van der Waals surface area contributed by atoms with Gasteiger partial charge in [-0.25, -0.2) is 0 Å². The van der Waals surface area contributed by atoms with E-state index in [4.69, 9.17) is 0 Å². The van der Waals surface area contributed by atoms with E-state index in [0.29, 0.717) is 0 Å². The summed E-state index contributed by atoms with van der Waals surface area (Å²) in [6.07, 6.45) is 10.2. The van der Waals surface area contributed by atoms with Crippen molar-refractivity contribution < 1.29 is 0 Å². The van der Waals surface area contributed by atoms with Crippen LogP contribution in [0.1, 0.15) is 56.7 Å². The summed E-state index contributed by atoms with van der Waals surface area (Å²) in [4.78, 5) is 0. The standard InChI is InChI=1S/C14H27N3/c1-4-5-6-7-8-9-10-17-12-14(11-15-3)13(2)16-17/h12,15H,4-11H2,1-3H3. The Labute approximate surface area is 106 Å². The number of hydrogen-bond donors (Lipinski definition) is 1. The SMILES string of the molecule is CCCCCCCCn1cc(CNC)c(C)n1. The van der Waals surface area contributed by atoms with E-state index in [2.05, 4.69) is 35.1 Å². The summed E-state index contributed by atoms with van der Waals surface area (Å²) in [7, 11) is 1.98. The lowest BCUT2D eigenvalue weighted by Crippen LogP contribution is -2.05. The first-order valence-corrected chi connectivity index (χ1v) is 6.95. The third-order valence-corrected chi connectivity index (χ3v) is 3.16. The first-order valence-electron chi connectivity index (χ1n) is 6.95. The number of nitrogens with one attached hydrogen (secondary N) is 1. The van der Waals surface area contributed by atoms with E-state index in [1.165, 1.54) is 44.1 Å². The van der Waals surface area contributed by atoms with Crippen LogP contribution in [0, 0.1) is 6.92 Å². The molecule has 3 nitrogen and oxygen atoms in total. The second kappa shape index (κ2) is 8.29. The van der Waals surface area contributed by atoms with Crippen molar-refractivity contribution in [2.45, 2.75) is 65.5 Å². The Kier molecular flexibility index (Phi) is 6.94. The van der Waals surface area contributed by atoms with Gasteiger partial charge in [-0.15, -0.1) is 0 Å². The van der Waals surface area contributed by atoms with E-state index in [1.54, 1.807) is 0 Å². The summed E-state index contributed by atoms with van der Waals surface area (Å²) in [5, 5.41) is 7.72. The highest BCUT2D eigenvalue weighted by atomic mass is 15.3. The molecule has 17 heavy (non-hydrogen) atoms. The van der Waals surface area contributed by atoms with E-state index in [-0.39, 0.29) is 0 Å². The second-order valence-electron chi connectivity index (χ2n) is 4.80. The number of hydrogen-bond acceptors (Lipinski definition) is 2. The molecule has 0 unspecified atom stereocenters. The van der Waals surface area contributed by atoms with Gasteiger partial charge in [0.05, 0.1) is 5.69 Å². The van der Waals surface area contributed by atoms with Crippen molar-refractivity contribution in [1.29, 1.82) is 0 Å². The Morgan fingerprint density at radius 2 is 1.88 bits per heavy atom. The van der Waals surface area contributed by atoms with Crippen molar-refractivity contribution >= 4 is 0 Å². The molecule has 0 saturated heterocycles. The van der Waals surface area contributed by atoms with Gasteiger partial charge in [-0.05, 0) is 20.4 Å². The Hall–Kier alpha value is -0.830. The third-order valence-electron chi connectivity index (χ3n) is 3.16. The smallest absolute Gasteiger partial charge is 0.0638 e. The maximum absolute atomic E-state index is 4.54. The molecule has 1 aromatic rings. The van der Waals surface area contributed by atoms with Gasteiger partial charge in [0.2, 0.25) is 0 Å². The van der Waals surface area contributed by atoms with Crippen LogP contribution in [0.15, 0.2) is 6.20 Å².